The first-order valence-corrected chi connectivity index (χ1v) is 10.5. The lowest BCUT2D eigenvalue weighted by molar-refractivity contribution is 0.0950. The topological polar surface area (TPSA) is 44.8 Å². The van der Waals surface area contributed by atoms with Gasteiger partial charge in [0.05, 0.1) is 12.8 Å². The minimum atomic E-state index is 0.0426. The van der Waals surface area contributed by atoms with E-state index < -0.39 is 0 Å². The monoisotopic (exact) mass is 395 g/mol. The summed E-state index contributed by atoms with van der Waals surface area (Å²) in [6, 6.07) is 12.4. The molecule has 0 aromatic heterocycles. The number of hydrogen-bond acceptors (Lipinski definition) is 4. The first kappa shape index (κ1) is 21.2. The maximum absolute atomic E-state index is 12.6. The van der Waals surface area contributed by atoms with Crippen LogP contribution >= 0.6 is 0 Å². The van der Waals surface area contributed by atoms with Crippen LogP contribution in [0.3, 0.4) is 0 Å². The average Bonchev–Trinajstić information content (AvgIpc) is 2.71. The van der Waals surface area contributed by atoms with Crippen LogP contribution < -0.4 is 15.0 Å². The van der Waals surface area contributed by atoms with E-state index in [9.17, 15) is 4.79 Å². The third-order valence-electron chi connectivity index (χ3n) is 5.64. The second kappa shape index (κ2) is 9.79. The van der Waals surface area contributed by atoms with Crippen molar-refractivity contribution in [2.45, 2.75) is 27.2 Å². The van der Waals surface area contributed by atoms with E-state index in [4.69, 9.17) is 4.74 Å². The summed E-state index contributed by atoms with van der Waals surface area (Å²) in [4.78, 5) is 17.4. The highest BCUT2D eigenvalue weighted by atomic mass is 16.5. The molecule has 1 aliphatic heterocycles. The van der Waals surface area contributed by atoms with Crippen molar-refractivity contribution in [1.82, 2.24) is 10.2 Å². The van der Waals surface area contributed by atoms with Gasteiger partial charge in [0.25, 0.3) is 5.91 Å². The molecule has 5 heteroatoms. The number of nitrogens with one attached hydrogen (secondary N) is 1. The Morgan fingerprint density at radius 2 is 1.69 bits per heavy atom. The Morgan fingerprint density at radius 3 is 2.34 bits per heavy atom. The van der Waals surface area contributed by atoms with Crippen LogP contribution in [0, 0.1) is 20.8 Å². The number of para-hydroxylation sites is 2. The maximum atomic E-state index is 12.6. The fraction of sp³-hybridized carbons (Fsp3) is 0.458. The van der Waals surface area contributed by atoms with E-state index >= 15 is 0 Å². The lowest BCUT2D eigenvalue weighted by Gasteiger charge is -2.36. The van der Waals surface area contributed by atoms with E-state index in [2.05, 4.69) is 46.3 Å². The zero-order valence-corrected chi connectivity index (χ0v) is 18.1. The number of rotatable bonds is 7. The summed E-state index contributed by atoms with van der Waals surface area (Å²) < 4.78 is 5.49. The van der Waals surface area contributed by atoms with Gasteiger partial charge >= 0.3 is 0 Å². The Kier molecular flexibility index (Phi) is 7.15. The second-order valence-corrected chi connectivity index (χ2v) is 7.88. The Labute approximate surface area is 174 Å². The predicted molar refractivity (Wildman–Crippen MR) is 119 cm³/mol. The summed E-state index contributed by atoms with van der Waals surface area (Å²) in [6.07, 6.45) is 0.963. The standard InChI is InChI=1S/C24H33N3O2/c1-18-16-19(2)23(20(3)17-18)24(28)25-10-7-11-26-12-14-27(15-13-26)21-8-5-6-9-22(21)29-4/h5-6,8-9,16-17H,7,10-15H2,1-4H3,(H,25,28). The number of ether oxygens (including phenoxy) is 1. The lowest BCUT2D eigenvalue weighted by atomic mass is 9.99. The van der Waals surface area contributed by atoms with Crippen molar-refractivity contribution in [2.75, 3.05) is 51.3 Å². The number of nitrogens with zero attached hydrogens (tertiary/aromatic N) is 2. The molecule has 2 aromatic rings. The third-order valence-corrected chi connectivity index (χ3v) is 5.64. The number of carbonyl (C=O) groups excluding carboxylic acids is 1. The molecule has 3 rings (SSSR count). The van der Waals surface area contributed by atoms with E-state index in [0.29, 0.717) is 6.54 Å². The quantitative estimate of drug-likeness (QED) is 0.728. The molecule has 0 radical (unpaired) electrons. The molecular formula is C24H33N3O2. The molecule has 0 saturated carbocycles. The highest BCUT2D eigenvalue weighted by Gasteiger charge is 2.19. The number of amides is 1. The summed E-state index contributed by atoms with van der Waals surface area (Å²) in [5.41, 5.74) is 5.29. The Hall–Kier alpha value is -2.53. The van der Waals surface area contributed by atoms with Crippen molar-refractivity contribution in [1.29, 1.82) is 0 Å². The number of hydrogen-bond donors (Lipinski definition) is 1. The van der Waals surface area contributed by atoms with Crippen molar-refractivity contribution < 1.29 is 9.53 Å². The fourth-order valence-electron chi connectivity index (χ4n) is 4.23. The SMILES string of the molecule is COc1ccccc1N1CCN(CCCNC(=O)c2c(C)cc(C)cc2C)CC1. The summed E-state index contributed by atoms with van der Waals surface area (Å²) in [5.74, 6) is 0.978. The van der Waals surface area contributed by atoms with Gasteiger partial charge in [-0.1, -0.05) is 29.8 Å². The van der Waals surface area contributed by atoms with Crippen molar-refractivity contribution in [2.24, 2.45) is 0 Å². The summed E-state index contributed by atoms with van der Waals surface area (Å²) >= 11 is 0. The fourth-order valence-corrected chi connectivity index (χ4v) is 4.23. The Morgan fingerprint density at radius 1 is 1.03 bits per heavy atom. The zero-order chi connectivity index (χ0) is 20.8. The first-order valence-electron chi connectivity index (χ1n) is 10.5. The van der Waals surface area contributed by atoms with E-state index in [1.165, 1.54) is 11.3 Å². The number of benzene rings is 2. The van der Waals surface area contributed by atoms with Crippen LogP contribution in [-0.2, 0) is 0 Å². The first-order chi connectivity index (χ1) is 14.0. The van der Waals surface area contributed by atoms with Crippen molar-refractivity contribution in [3.63, 3.8) is 0 Å². The number of aryl methyl sites for hydroxylation is 3. The summed E-state index contributed by atoms with van der Waals surface area (Å²) in [7, 11) is 1.73. The Bertz CT molecular complexity index is 819. The van der Waals surface area contributed by atoms with Crippen LogP contribution in [0.15, 0.2) is 36.4 Å². The highest BCUT2D eigenvalue weighted by Crippen LogP contribution is 2.28. The molecular weight excluding hydrogens is 362 g/mol. The van der Waals surface area contributed by atoms with Gasteiger partial charge in [-0.05, 0) is 57.0 Å². The number of anilines is 1. The van der Waals surface area contributed by atoms with Crippen LogP contribution in [0.4, 0.5) is 5.69 Å². The maximum Gasteiger partial charge on any atom is 0.251 e. The van der Waals surface area contributed by atoms with Gasteiger partial charge < -0.3 is 15.0 Å². The normalized spacial score (nSPS) is 14.7. The van der Waals surface area contributed by atoms with Crippen LogP contribution in [0.1, 0.15) is 33.5 Å². The molecule has 0 aliphatic carbocycles. The van der Waals surface area contributed by atoms with Gasteiger partial charge in [-0.25, -0.2) is 0 Å². The summed E-state index contributed by atoms with van der Waals surface area (Å²) in [6.45, 7) is 11.8. The van der Waals surface area contributed by atoms with Gasteiger partial charge in [-0.15, -0.1) is 0 Å². The number of methoxy groups -OCH3 is 1. The van der Waals surface area contributed by atoms with E-state index in [1.807, 2.05) is 26.0 Å². The Balaban J connectivity index is 1.42. The molecule has 156 valence electrons. The van der Waals surface area contributed by atoms with Crippen molar-refractivity contribution >= 4 is 11.6 Å². The average molecular weight is 396 g/mol. The van der Waals surface area contributed by atoms with Gasteiger partial charge in [0.15, 0.2) is 0 Å². The van der Waals surface area contributed by atoms with Gasteiger partial charge in [0, 0.05) is 38.3 Å². The molecule has 1 saturated heterocycles. The molecule has 1 heterocycles. The van der Waals surface area contributed by atoms with E-state index in [0.717, 1.165) is 61.6 Å². The molecule has 0 unspecified atom stereocenters. The molecule has 0 spiro atoms. The molecule has 2 aromatic carbocycles. The lowest BCUT2D eigenvalue weighted by Crippen LogP contribution is -2.47. The highest BCUT2D eigenvalue weighted by molar-refractivity contribution is 5.97. The second-order valence-electron chi connectivity index (χ2n) is 7.88. The minimum absolute atomic E-state index is 0.0426. The molecule has 0 atom stereocenters. The molecule has 1 amide bonds. The van der Waals surface area contributed by atoms with Crippen LogP contribution in [-0.4, -0.2) is 57.2 Å². The van der Waals surface area contributed by atoms with Gasteiger partial charge in [0.1, 0.15) is 5.75 Å². The zero-order valence-electron chi connectivity index (χ0n) is 18.1. The third kappa shape index (κ3) is 5.30. The van der Waals surface area contributed by atoms with Gasteiger partial charge in [0.2, 0.25) is 0 Å². The van der Waals surface area contributed by atoms with E-state index in [-0.39, 0.29) is 5.91 Å². The van der Waals surface area contributed by atoms with Crippen LogP contribution in [0.25, 0.3) is 0 Å². The summed E-state index contributed by atoms with van der Waals surface area (Å²) in [5, 5.41) is 3.10. The largest absolute Gasteiger partial charge is 0.495 e. The molecule has 1 N–H and O–H groups in total. The van der Waals surface area contributed by atoms with Crippen molar-refractivity contribution in [3.8, 4) is 5.75 Å². The molecule has 29 heavy (non-hydrogen) atoms. The van der Waals surface area contributed by atoms with Crippen LogP contribution in [0.5, 0.6) is 5.75 Å². The number of carbonyl (C=O) groups is 1. The molecule has 0 bridgehead atoms. The molecule has 5 nitrogen and oxygen atoms in total. The minimum Gasteiger partial charge on any atom is -0.495 e. The van der Waals surface area contributed by atoms with Crippen molar-refractivity contribution in [3.05, 3.63) is 58.7 Å². The molecule has 1 aliphatic rings. The van der Waals surface area contributed by atoms with E-state index in [1.54, 1.807) is 7.11 Å². The number of piperazine rings is 1. The van der Waals surface area contributed by atoms with Gasteiger partial charge in [-0.2, -0.15) is 0 Å². The molecule has 1 fully saturated rings. The smallest absolute Gasteiger partial charge is 0.251 e. The predicted octanol–water partition coefficient (Wildman–Crippen LogP) is 3.56. The van der Waals surface area contributed by atoms with Gasteiger partial charge in [-0.3, -0.25) is 9.69 Å². The van der Waals surface area contributed by atoms with Crippen LogP contribution in [0.2, 0.25) is 0 Å².